The fourth-order valence-electron chi connectivity index (χ4n) is 0.819. The summed E-state index contributed by atoms with van der Waals surface area (Å²) < 4.78 is 30.7. The molecule has 0 aliphatic rings. The molecule has 0 bridgehead atoms. The summed E-state index contributed by atoms with van der Waals surface area (Å²) in [6, 6.07) is 2.44. The average molecular weight is 222 g/mol. The van der Waals surface area contributed by atoms with Gasteiger partial charge in [0.2, 0.25) is 5.82 Å². The van der Waals surface area contributed by atoms with E-state index in [-0.39, 0.29) is 4.90 Å². The lowest BCUT2D eigenvalue weighted by Crippen LogP contribution is -2.09. The zero-order valence-corrected chi connectivity index (χ0v) is 7.57. The number of nitrogens with two attached hydrogens (primary N) is 1. The van der Waals surface area contributed by atoms with E-state index in [1.165, 1.54) is 0 Å². The van der Waals surface area contributed by atoms with E-state index in [2.05, 4.69) is 0 Å². The van der Waals surface area contributed by atoms with Crippen molar-refractivity contribution in [1.29, 1.82) is 0 Å². The molecule has 14 heavy (non-hydrogen) atoms. The molecule has 0 fully saturated rings. The van der Waals surface area contributed by atoms with Crippen LogP contribution in [-0.2, 0) is 0 Å². The maximum absolute atomic E-state index is 12.8. The predicted octanol–water partition coefficient (Wildman–Crippen LogP) is 1.72. The molecule has 0 heterocycles. The van der Waals surface area contributed by atoms with Crippen LogP contribution in [0.3, 0.4) is 0 Å². The Hall–Kier alpha value is -1.22. The van der Waals surface area contributed by atoms with E-state index in [1.54, 1.807) is 0 Å². The molecule has 1 aromatic rings. The number of rotatable bonds is 2. The smallest absolute Gasteiger partial charge is 0.282 e. The minimum Gasteiger partial charge on any atom is -0.282 e. The number of nitro groups is 1. The lowest BCUT2D eigenvalue weighted by Gasteiger charge is -2.25. The second-order valence-electron chi connectivity index (χ2n) is 2.46. The maximum Gasteiger partial charge on any atom is 0.306 e. The second-order valence-corrected chi connectivity index (χ2v) is 4.12. The molecule has 0 atom stereocenters. The molecule has 1 aromatic carbocycles. The number of nitrogens with zero attached hydrogens (tertiary/aromatic N) is 1. The Bertz CT molecular complexity index is 379. The van der Waals surface area contributed by atoms with Gasteiger partial charge in [0.1, 0.15) is 0 Å². The third-order valence-corrected chi connectivity index (χ3v) is 2.41. The van der Waals surface area contributed by atoms with Crippen molar-refractivity contribution >= 4 is 16.5 Å². The van der Waals surface area contributed by atoms with Crippen molar-refractivity contribution in [2.45, 2.75) is 4.90 Å². The van der Waals surface area contributed by atoms with Crippen LogP contribution in [0.1, 0.15) is 0 Å². The molecule has 0 aliphatic carbocycles. The van der Waals surface area contributed by atoms with Crippen LogP contribution in [0.15, 0.2) is 23.1 Å². The Labute approximate surface area is 79.8 Å². The van der Waals surface area contributed by atoms with E-state index in [0.29, 0.717) is 6.07 Å². The highest BCUT2D eigenvalue weighted by molar-refractivity contribution is 8.22. The van der Waals surface area contributed by atoms with Gasteiger partial charge in [0.05, 0.1) is 9.82 Å². The molecule has 0 saturated heterocycles. The molecule has 6 nitrogen and oxygen atoms in total. The molecule has 4 N–H and O–H groups in total. The van der Waals surface area contributed by atoms with Crippen LogP contribution in [0.2, 0.25) is 0 Å². The van der Waals surface area contributed by atoms with Gasteiger partial charge in [0.25, 0.3) is 0 Å². The van der Waals surface area contributed by atoms with Crippen molar-refractivity contribution < 1.29 is 18.4 Å². The molecule has 0 radical (unpaired) electrons. The van der Waals surface area contributed by atoms with Crippen molar-refractivity contribution in [1.82, 2.24) is 0 Å². The number of benzene rings is 1. The van der Waals surface area contributed by atoms with Gasteiger partial charge in [-0.05, 0) is 12.1 Å². The van der Waals surface area contributed by atoms with Crippen LogP contribution < -0.4 is 5.14 Å². The third kappa shape index (κ3) is 2.17. The highest BCUT2D eigenvalue weighted by Gasteiger charge is 2.19. The first-order chi connectivity index (χ1) is 6.32. The van der Waals surface area contributed by atoms with Crippen LogP contribution in [0.25, 0.3) is 0 Å². The van der Waals surface area contributed by atoms with E-state index in [0.717, 1.165) is 12.1 Å². The van der Waals surface area contributed by atoms with Crippen LogP contribution in [0.4, 0.5) is 10.1 Å². The largest absolute Gasteiger partial charge is 0.306 e. The first kappa shape index (κ1) is 10.9. The van der Waals surface area contributed by atoms with Gasteiger partial charge in [-0.25, -0.2) is 5.14 Å². The van der Waals surface area contributed by atoms with Crippen molar-refractivity contribution in [3.63, 3.8) is 0 Å². The zero-order valence-electron chi connectivity index (χ0n) is 6.75. The number of hydrogen-bond donors (Lipinski definition) is 3. The standard InChI is InChI=1S/C6H7FN2O4S/c7-5-2-1-4(14(8,12)13)3-6(5)9(10)11/h1-3,12-13H,8H2. The quantitative estimate of drug-likeness (QED) is 0.521. The van der Waals surface area contributed by atoms with E-state index in [9.17, 15) is 14.5 Å². The summed E-state index contributed by atoms with van der Waals surface area (Å²) in [4.78, 5) is 9.03. The van der Waals surface area contributed by atoms with Gasteiger partial charge in [-0.3, -0.25) is 19.2 Å². The van der Waals surface area contributed by atoms with Gasteiger partial charge in [0.15, 0.2) is 0 Å². The minimum atomic E-state index is -3.55. The Morgan fingerprint density at radius 2 is 2.07 bits per heavy atom. The van der Waals surface area contributed by atoms with Gasteiger partial charge >= 0.3 is 5.69 Å². The molecule has 0 aromatic heterocycles. The summed E-state index contributed by atoms with van der Waals surface area (Å²) in [6.45, 7) is 0. The molecular formula is C6H7FN2O4S. The molecule has 0 saturated carbocycles. The number of halogens is 1. The summed E-state index contributed by atoms with van der Waals surface area (Å²) in [6.07, 6.45) is 0. The van der Waals surface area contributed by atoms with Gasteiger partial charge in [0, 0.05) is 6.07 Å². The van der Waals surface area contributed by atoms with E-state index >= 15 is 0 Å². The van der Waals surface area contributed by atoms with Gasteiger partial charge in [-0.1, -0.05) is 0 Å². The van der Waals surface area contributed by atoms with Crippen molar-refractivity contribution in [3.8, 4) is 0 Å². The second kappa shape index (κ2) is 3.50. The van der Waals surface area contributed by atoms with Gasteiger partial charge in [-0.2, -0.15) is 4.39 Å². The van der Waals surface area contributed by atoms with Crippen molar-refractivity contribution in [2.75, 3.05) is 0 Å². The summed E-state index contributed by atoms with van der Waals surface area (Å²) in [5.74, 6) is -1.05. The minimum absolute atomic E-state index is 0.273. The lowest BCUT2D eigenvalue weighted by atomic mass is 10.3. The van der Waals surface area contributed by atoms with E-state index in [1.807, 2.05) is 0 Å². The molecule has 1 rings (SSSR count). The van der Waals surface area contributed by atoms with E-state index < -0.39 is 27.2 Å². The Balaban J connectivity index is 3.27. The third-order valence-electron chi connectivity index (χ3n) is 1.46. The molecule has 0 amide bonds. The van der Waals surface area contributed by atoms with Gasteiger partial charge in [-0.15, -0.1) is 10.8 Å². The normalized spacial score (nSPS) is 12.6. The first-order valence-corrected chi connectivity index (χ1v) is 4.93. The molecule has 0 unspecified atom stereocenters. The summed E-state index contributed by atoms with van der Waals surface area (Å²) in [5, 5.41) is 15.2. The number of hydrogen-bond acceptors (Lipinski definition) is 5. The fraction of sp³-hybridized carbons (Fsp3) is 0. The van der Waals surface area contributed by atoms with Crippen LogP contribution in [-0.4, -0.2) is 14.0 Å². The van der Waals surface area contributed by atoms with Crippen LogP contribution >= 0.6 is 10.8 Å². The Morgan fingerprint density at radius 3 is 2.50 bits per heavy atom. The first-order valence-electron chi connectivity index (χ1n) is 3.32. The predicted molar refractivity (Wildman–Crippen MR) is 48.4 cm³/mol. The van der Waals surface area contributed by atoms with Gasteiger partial charge < -0.3 is 0 Å². The van der Waals surface area contributed by atoms with Crippen molar-refractivity contribution in [3.05, 3.63) is 34.1 Å². The zero-order chi connectivity index (χ0) is 10.9. The Kier molecular flexibility index (Phi) is 2.71. The number of nitro benzene ring substituents is 1. The average Bonchev–Trinajstić information content (AvgIpc) is 2.02. The van der Waals surface area contributed by atoms with Crippen LogP contribution in [0.5, 0.6) is 0 Å². The highest BCUT2D eigenvalue weighted by atomic mass is 32.3. The summed E-state index contributed by atoms with van der Waals surface area (Å²) in [7, 11) is -3.55. The van der Waals surface area contributed by atoms with Crippen LogP contribution in [0, 0.1) is 15.9 Å². The molecule has 78 valence electrons. The molecule has 0 aliphatic heterocycles. The lowest BCUT2D eigenvalue weighted by molar-refractivity contribution is -0.387. The SMILES string of the molecule is NS(O)(O)c1ccc(F)c([N+](=O)[O-])c1. The summed E-state index contributed by atoms with van der Waals surface area (Å²) in [5.41, 5.74) is -0.840. The monoisotopic (exact) mass is 222 g/mol. The highest BCUT2D eigenvalue weighted by Crippen LogP contribution is 2.41. The molecule has 8 heteroatoms. The Morgan fingerprint density at radius 1 is 1.50 bits per heavy atom. The topological polar surface area (TPSA) is 110 Å². The summed E-state index contributed by atoms with van der Waals surface area (Å²) >= 11 is 0. The molecule has 0 spiro atoms. The fourth-order valence-corrected chi connectivity index (χ4v) is 1.37. The molecular weight excluding hydrogens is 215 g/mol. The van der Waals surface area contributed by atoms with E-state index in [4.69, 9.17) is 14.2 Å². The maximum atomic E-state index is 12.8. The van der Waals surface area contributed by atoms with Crippen molar-refractivity contribution in [2.24, 2.45) is 5.14 Å².